The van der Waals surface area contributed by atoms with E-state index in [0.29, 0.717) is 11.4 Å². The number of amides is 1. The number of hydrogen-bond acceptors (Lipinski definition) is 4. The maximum Gasteiger partial charge on any atom is 0.271 e. The zero-order valence-corrected chi connectivity index (χ0v) is 13.3. The van der Waals surface area contributed by atoms with Crippen LogP contribution in [-0.4, -0.2) is 10.9 Å². The Morgan fingerprint density at radius 2 is 2.17 bits per heavy atom. The lowest BCUT2D eigenvalue weighted by atomic mass is 10.1. The average molecular weight is 325 g/mol. The second-order valence-corrected chi connectivity index (χ2v) is 5.97. The van der Waals surface area contributed by atoms with Gasteiger partial charge in [-0.05, 0) is 19.1 Å². The van der Waals surface area contributed by atoms with Gasteiger partial charge in [-0.25, -0.2) is 4.98 Å². The minimum atomic E-state index is -0.288. The fraction of sp³-hybridized carbons (Fsp3) is 0.118. The van der Waals surface area contributed by atoms with Crippen LogP contribution in [0.1, 0.15) is 21.7 Å². The first kappa shape index (κ1) is 15.2. The summed E-state index contributed by atoms with van der Waals surface area (Å²) in [5.41, 5.74) is 2.98. The van der Waals surface area contributed by atoms with Crippen LogP contribution in [0.3, 0.4) is 0 Å². The van der Waals surface area contributed by atoms with Gasteiger partial charge in [-0.3, -0.25) is 4.79 Å². The van der Waals surface area contributed by atoms with Crippen molar-refractivity contribution in [2.24, 2.45) is 0 Å². The Bertz CT molecular complexity index is 845. The van der Waals surface area contributed by atoms with E-state index < -0.39 is 0 Å². The molecule has 0 fully saturated rings. The van der Waals surface area contributed by atoms with Crippen molar-refractivity contribution >= 4 is 17.2 Å². The van der Waals surface area contributed by atoms with E-state index in [1.54, 1.807) is 23.6 Å². The van der Waals surface area contributed by atoms with E-state index in [2.05, 4.69) is 10.3 Å². The van der Waals surface area contributed by atoms with Crippen molar-refractivity contribution < 1.29 is 9.52 Å². The van der Waals surface area contributed by atoms with Crippen molar-refractivity contribution in [3.63, 3.8) is 0 Å². The first-order chi connectivity index (χ1) is 11.1. The highest BCUT2D eigenvalue weighted by Crippen LogP contribution is 2.24. The number of pyridine rings is 1. The summed E-state index contributed by atoms with van der Waals surface area (Å²) in [7, 11) is 0. The molecule has 0 atom stereocenters. The van der Waals surface area contributed by atoms with Crippen molar-refractivity contribution in [2.75, 3.05) is 0 Å². The first-order valence-electron chi connectivity index (χ1n) is 7.11. The SMILES string of the molecule is Cc1cccc(-c2nc(C(=O)NCc3cccc[n+]3[O-])cs2)c1. The highest BCUT2D eigenvalue weighted by atomic mass is 32.1. The summed E-state index contributed by atoms with van der Waals surface area (Å²) in [4.78, 5) is 16.5. The number of nitrogens with zero attached hydrogens (tertiary/aromatic N) is 2. The molecule has 3 rings (SSSR count). The second kappa shape index (κ2) is 6.58. The monoisotopic (exact) mass is 325 g/mol. The number of benzene rings is 1. The van der Waals surface area contributed by atoms with Gasteiger partial charge in [0.15, 0.2) is 6.20 Å². The standard InChI is InChI=1S/C17H15N3O2S/c1-12-5-4-6-13(9-12)17-19-15(11-23-17)16(21)18-10-14-7-2-3-8-20(14)22/h2-9,11H,10H2,1H3,(H,18,21). The summed E-state index contributed by atoms with van der Waals surface area (Å²) in [6.07, 6.45) is 1.40. The summed E-state index contributed by atoms with van der Waals surface area (Å²) in [6, 6.07) is 13.1. The maximum atomic E-state index is 12.2. The van der Waals surface area contributed by atoms with Gasteiger partial charge < -0.3 is 10.5 Å². The van der Waals surface area contributed by atoms with E-state index in [1.165, 1.54) is 17.5 Å². The van der Waals surface area contributed by atoms with E-state index in [1.807, 2.05) is 31.2 Å². The minimum Gasteiger partial charge on any atom is -0.618 e. The smallest absolute Gasteiger partial charge is 0.271 e. The quantitative estimate of drug-likeness (QED) is 0.592. The minimum absolute atomic E-state index is 0.167. The molecule has 5 nitrogen and oxygen atoms in total. The lowest BCUT2D eigenvalue weighted by molar-refractivity contribution is -0.614. The van der Waals surface area contributed by atoms with Crippen LogP contribution in [0.15, 0.2) is 54.0 Å². The van der Waals surface area contributed by atoms with Gasteiger partial charge in [-0.1, -0.05) is 23.8 Å². The number of carbonyl (C=O) groups excluding carboxylic acids is 1. The normalized spacial score (nSPS) is 10.5. The summed E-state index contributed by atoms with van der Waals surface area (Å²) in [5, 5.41) is 16.8. The Labute approximate surface area is 137 Å². The Morgan fingerprint density at radius 1 is 1.30 bits per heavy atom. The van der Waals surface area contributed by atoms with Crippen molar-refractivity contribution in [3.05, 3.63) is 76.2 Å². The van der Waals surface area contributed by atoms with Crippen molar-refractivity contribution in [1.82, 2.24) is 10.3 Å². The molecule has 0 aliphatic heterocycles. The average Bonchev–Trinajstić information content (AvgIpc) is 3.04. The summed E-state index contributed by atoms with van der Waals surface area (Å²) >= 11 is 1.43. The number of thiazole rings is 1. The Morgan fingerprint density at radius 3 is 2.96 bits per heavy atom. The van der Waals surface area contributed by atoms with Gasteiger partial charge in [0, 0.05) is 23.1 Å². The Hall–Kier alpha value is -2.73. The first-order valence-corrected chi connectivity index (χ1v) is 7.99. The van der Waals surface area contributed by atoms with Gasteiger partial charge in [0.2, 0.25) is 5.69 Å². The molecule has 2 heterocycles. The van der Waals surface area contributed by atoms with E-state index in [0.717, 1.165) is 20.9 Å². The molecule has 0 saturated heterocycles. The third-order valence-corrected chi connectivity index (χ3v) is 4.23. The highest BCUT2D eigenvalue weighted by molar-refractivity contribution is 7.13. The maximum absolute atomic E-state index is 12.2. The molecule has 1 N–H and O–H groups in total. The van der Waals surface area contributed by atoms with E-state index in [4.69, 9.17) is 0 Å². The molecule has 0 aliphatic rings. The molecule has 0 aliphatic carbocycles. The van der Waals surface area contributed by atoms with Crippen LogP contribution in [-0.2, 0) is 6.54 Å². The van der Waals surface area contributed by atoms with Gasteiger partial charge in [0.1, 0.15) is 17.2 Å². The van der Waals surface area contributed by atoms with Gasteiger partial charge in [-0.15, -0.1) is 11.3 Å². The molecule has 0 unspecified atom stereocenters. The van der Waals surface area contributed by atoms with E-state index >= 15 is 0 Å². The number of carbonyl (C=O) groups is 1. The third kappa shape index (κ3) is 3.54. The van der Waals surface area contributed by atoms with Crippen LogP contribution in [0.2, 0.25) is 0 Å². The lowest BCUT2D eigenvalue weighted by Crippen LogP contribution is -2.35. The molecule has 6 heteroatoms. The Kier molecular flexibility index (Phi) is 4.34. The summed E-state index contributed by atoms with van der Waals surface area (Å²) in [5.74, 6) is -0.288. The lowest BCUT2D eigenvalue weighted by Gasteiger charge is -2.04. The zero-order valence-electron chi connectivity index (χ0n) is 12.5. The number of hydrogen-bond donors (Lipinski definition) is 1. The van der Waals surface area contributed by atoms with E-state index in [9.17, 15) is 10.0 Å². The molecular formula is C17H15N3O2S. The summed E-state index contributed by atoms with van der Waals surface area (Å²) in [6.45, 7) is 2.18. The number of aryl methyl sites for hydroxylation is 1. The predicted octanol–water partition coefficient (Wildman–Crippen LogP) is 2.68. The molecule has 23 heavy (non-hydrogen) atoms. The molecule has 1 aromatic carbocycles. The molecule has 0 radical (unpaired) electrons. The van der Waals surface area contributed by atoms with Gasteiger partial charge >= 0.3 is 0 Å². The summed E-state index contributed by atoms with van der Waals surface area (Å²) < 4.78 is 0.736. The molecule has 2 aromatic heterocycles. The fourth-order valence-corrected chi connectivity index (χ4v) is 2.95. The molecule has 0 spiro atoms. The number of rotatable bonds is 4. The molecule has 0 saturated carbocycles. The molecule has 116 valence electrons. The van der Waals surface area contributed by atoms with Crippen molar-refractivity contribution in [1.29, 1.82) is 0 Å². The molecule has 1 amide bonds. The van der Waals surface area contributed by atoms with Gasteiger partial charge in [0.25, 0.3) is 5.91 Å². The van der Waals surface area contributed by atoms with Crippen LogP contribution in [0, 0.1) is 12.1 Å². The van der Waals surface area contributed by atoms with Crippen LogP contribution >= 0.6 is 11.3 Å². The van der Waals surface area contributed by atoms with Crippen LogP contribution < -0.4 is 10.0 Å². The van der Waals surface area contributed by atoms with E-state index in [-0.39, 0.29) is 12.5 Å². The third-order valence-electron chi connectivity index (χ3n) is 3.34. The number of nitrogens with one attached hydrogen (secondary N) is 1. The van der Waals surface area contributed by atoms with Gasteiger partial charge in [0.05, 0.1) is 0 Å². The molecule has 3 aromatic rings. The zero-order chi connectivity index (χ0) is 16.2. The molecular weight excluding hydrogens is 310 g/mol. The fourth-order valence-electron chi connectivity index (χ4n) is 2.15. The van der Waals surface area contributed by atoms with Crippen LogP contribution in [0.5, 0.6) is 0 Å². The molecule has 0 bridgehead atoms. The second-order valence-electron chi connectivity index (χ2n) is 5.11. The van der Waals surface area contributed by atoms with Crippen molar-refractivity contribution in [3.8, 4) is 10.6 Å². The van der Waals surface area contributed by atoms with Crippen LogP contribution in [0.25, 0.3) is 10.6 Å². The largest absolute Gasteiger partial charge is 0.618 e. The highest BCUT2D eigenvalue weighted by Gasteiger charge is 2.13. The Balaban J connectivity index is 1.70. The van der Waals surface area contributed by atoms with Crippen molar-refractivity contribution in [2.45, 2.75) is 13.5 Å². The van der Waals surface area contributed by atoms with Gasteiger partial charge in [-0.2, -0.15) is 4.73 Å². The number of aromatic nitrogens is 2. The predicted molar refractivity (Wildman–Crippen MR) is 88.9 cm³/mol. The van der Waals surface area contributed by atoms with Crippen LogP contribution in [0.4, 0.5) is 0 Å². The topological polar surface area (TPSA) is 68.9 Å².